The Balaban J connectivity index is 2.52. The molecule has 1 aliphatic rings. The van der Waals surface area contributed by atoms with Gasteiger partial charge in [-0.05, 0) is 20.8 Å². The van der Waals surface area contributed by atoms with Crippen LogP contribution in [0.2, 0.25) is 0 Å². The van der Waals surface area contributed by atoms with Crippen molar-refractivity contribution in [2.75, 3.05) is 26.3 Å². The summed E-state index contributed by atoms with van der Waals surface area (Å²) < 4.78 is 5.57. The second kappa shape index (κ2) is 6.27. The molecule has 0 aromatic carbocycles. The fourth-order valence-corrected chi connectivity index (χ4v) is 2.10. The van der Waals surface area contributed by atoms with Gasteiger partial charge in [0, 0.05) is 13.1 Å². The van der Waals surface area contributed by atoms with Crippen molar-refractivity contribution in [1.29, 1.82) is 0 Å². The van der Waals surface area contributed by atoms with Gasteiger partial charge in [-0.2, -0.15) is 0 Å². The Bertz CT molecular complexity index is 255. The first-order valence-electron chi connectivity index (χ1n) is 6.29. The molecule has 0 amide bonds. The van der Waals surface area contributed by atoms with Gasteiger partial charge in [0.1, 0.15) is 12.2 Å². The first-order chi connectivity index (χ1) is 8.26. The smallest absolute Gasteiger partial charge is 0.109 e. The van der Waals surface area contributed by atoms with Crippen molar-refractivity contribution >= 4 is 0 Å². The SMILES string of the molecule is CC(C)(C)OCCN1C[C@@H](O)[C@@H](O)[C@H](O)C1CO. The molecule has 0 bridgehead atoms. The van der Waals surface area contributed by atoms with E-state index in [1.165, 1.54) is 0 Å². The summed E-state index contributed by atoms with van der Waals surface area (Å²) in [5, 5.41) is 38.2. The van der Waals surface area contributed by atoms with E-state index in [0.717, 1.165) is 0 Å². The maximum atomic E-state index is 9.79. The third kappa shape index (κ3) is 4.15. The molecule has 0 aromatic rings. The topological polar surface area (TPSA) is 93.4 Å². The Morgan fingerprint density at radius 2 is 1.78 bits per heavy atom. The van der Waals surface area contributed by atoms with E-state index in [4.69, 9.17) is 4.74 Å². The van der Waals surface area contributed by atoms with E-state index in [1.807, 2.05) is 20.8 Å². The van der Waals surface area contributed by atoms with Gasteiger partial charge in [0.2, 0.25) is 0 Å². The number of ether oxygens (including phenoxy) is 1. The highest BCUT2D eigenvalue weighted by Gasteiger charge is 2.40. The summed E-state index contributed by atoms with van der Waals surface area (Å²) in [4.78, 5) is 1.74. The molecule has 1 rings (SSSR count). The van der Waals surface area contributed by atoms with Crippen LogP contribution in [0.15, 0.2) is 0 Å². The van der Waals surface area contributed by atoms with Crippen molar-refractivity contribution in [1.82, 2.24) is 4.90 Å². The van der Waals surface area contributed by atoms with Crippen LogP contribution in [0.3, 0.4) is 0 Å². The summed E-state index contributed by atoms with van der Waals surface area (Å²) >= 11 is 0. The molecule has 1 saturated heterocycles. The highest BCUT2D eigenvalue weighted by Crippen LogP contribution is 2.19. The van der Waals surface area contributed by atoms with E-state index in [9.17, 15) is 20.4 Å². The van der Waals surface area contributed by atoms with E-state index < -0.39 is 24.4 Å². The molecule has 1 heterocycles. The Morgan fingerprint density at radius 3 is 2.28 bits per heavy atom. The molecule has 0 aromatic heterocycles. The summed E-state index contributed by atoms with van der Waals surface area (Å²) in [6.07, 6.45) is -3.35. The number of piperidine rings is 1. The van der Waals surface area contributed by atoms with Crippen molar-refractivity contribution in [3.05, 3.63) is 0 Å². The molecule has 6 heteroatoms. The first-order valence-corrected chi connectivity index (χ1v) is 6.29. The lowest BCUT2D eigenvalue weighted by Gasteiger charge is -2.43. The molecule has 1 fully saturated rings. The number of aliphatic hydroxyl groups excluding tert-OH is 4. The van der Waals surface area contributed by atoms with Crippen LogP contribution in [0.4, 0.5) is 0 Å². The Morgan fingerprint density at radius 1 is 1.17 bits per heavy atom. The summed E-state index contributed by atoms with van der Waals surface area (Å²) in [6, 6.07) is -0.563. The molecular formula is C12H25NO5. The molecule has 0 aliphatic carbocycles. The molecule has 4 atom stereocenters. The molecule has 0 radical (unpaired) electrons. The van der Waals surface area contributed by atoms with Gasteiger partial charge in [0.25, 0.3) is 0 Å². The third-order valence-corrected chi connectivity index (χ3v) is 3.13. The largest absolute Gasteiger partial charge is 0.395 e. The van der Waals surface area contributed by atoms with Crippen molar-refractivity contribution < 1.29 is 25.2 Å². The maximum absolute atomic E-state index is 9.79. The second-order valence-corrected chi connectivity index (χ2v) is 5.75. The molecule has 4 N–H and O–H groups in total. The number of likely N-dealkylation sites (tertiary alicyclic amines) is 1. The van der Waals surface area contributed by atoms with Crippen molar-refractivity contribution in [3.8, 4) is 0 Å². The predicted octanol–water partition coefficient (Wildman–Crippen LogP) is -1.44. The van der Waals surface area contributed by atoms with E-state index in [1.54, 1.807) is 4.90 Å². The lowest BCUT2D eigenvalue weighted by molar-refractivity contribution is -0.150. The highest BCUT2D eigenvalue weighted by molar-refractivity contribution is 4.94. The number of β-amino-alcohol motifs (C(OH)–C–C–N with tert-alkyl or cyclic N) is 1. The van der Waals surface area contributed by atoms with Crippen LogP contribution in [0.1, 0.15) is 20.8 Å². The van der Waals surface area contributed by atoms with Crippen LogP contribution in [0.25, 0.3) is 0 Å². The normalized spacial score (nSPS) is 34.8. The predicted molar refractivity (Wildman–Crippen MR) is 66.2 cm³/mol. The van der Waals surface area contributed by atoms with Crippen LogP contribution in [-0.2, 0) is 4.74 Å². The zero-order chi connectivity index (χ0) is 13.9. The average molecular weight is 263 g/mol. The monoisotopic (exact) mass is 263 g/mol. The molecule has 108 valence electrons. The van der Waals surface area contributed by atoms with Gasteiger partial charge in [-0.1, -0.05) is 0 Å². The summed E-state index contributed by atoms with van der Waals surface area (Å²) in [5.41, 5.74) is -0.249. The number of rotatable bonds is 4. The van der Waals surface area contributed by atoms with E-state index >= 15 is 0 Å². The van der Waals surface area contributed by atoms with Crippen LogP contribution < -0.4 is 0 Å². The van der Waals surface area contributed by atoms with Crippen LogP contribution in [-0.4, -0.2) is 81.6 Å². The van der Waals surface area contributed by atoms with Gasteiger partial charge in [-0.25, -0.2) is 0 Å². The zero-order valence-electron chi connectivity index (χ0n) is 11.3. The molecular weight excluding hydrogens is 238 g/mol. The van der Waals surface area contributed by atoms with E-state index in [0.29, 0.717) is 13.2 Å². The molecule has 18 heavy (non-hydrogen) atoms. The van der Waals surface area contributed by atoms with Gasteiger partial charge in [0.15, 0.2) is 0 Å². The fraction of sp³-hybridized carbons (Fsp3) is 1.00. The van der Waals surface area contributed by atoms with Gasteiger partial charge in [0.05, 0.1) is 31.0 Å². The second-order valence-electron chi connectivity index (χ2n) is 5.75. The Hall–Kier alpha value is -0.240. The molecule has 0 saturated carbocycles. The molecule has 6 nitrogen and oxygen atoms in total. The van der Waals surface area contributed by atoms with Crippen molar-refractivity contribution in [2.24, 2.45) is 0 Å². The summed E-state index contributed by atoms with van der Waals surface area (Å²) in [7, 11) is 0. The number of hydrogen-bond acceptors (Lipinski definition) is 6. The minimum Gasteiger partial charge on any atom is -0.395 e. The van der Waals surface area contributed by atoms with Gasteiger partial charge >= 0.3 is 0 Å². The summed E-state index contributed by atoms with van der Waals surface area (Å²) in [5.74, 6) is 0. The quantitative estimate of drug-likeness (QED) is 0.496. The standard InChI is InChI=1S/C12H25NO5/c1-12(2,3)18-5-4-13-6-9(15)11(17)10(16)8(13)7-14/h8-11,14-17H,4-7H2,1-3H3/t8?,9-,10-,11-/m1/s1. The number of hydrogen-bond donors (Lipinski definition) is 4. The Kier molecular flexibility index (Phi) is 5.51. The zero-order valence-corrected chi connectivity index (χ0v) is 11.3. The van der Waals surface area contributed by atoms with Crippen molar-refractivity contribution in [2.45, 2.75) is 50.7 Å². The Labute approximate surface area is 108 Å². The fourth-order valence-electron chi connectivity index (χ4n) is 2.10. The van der Waals surface area contributed by atoms with Gasteiger partial charge < -0.3 is 25.2 Å². The maximum Gasteiger partial charge on any atom is 0.109 e. The van der Waals surface area contributed by atoms with Crippen LogP contribution >= 0.6 is 0 Å². The van der Waals surface area contributed by atoms with Gasteiger partial charge in [-0.3, -0.25) is 4.90 Å². The summed E-state index contributed by atoms with van der Waals surface area (Å²) in [6.45, 7) is 6.72. The molecule has 1 aliphatic heterocycles. The van der Waals surface area contributed by atoms with Gasteiger partial charge in [-0.15, -0.1) is 0 Å². The van der Waals surface area contributed by atoms with E-state index in [-0.39, 0.29) is 18.8 Å². The molecule has 1 unspecified atom stereocenters. The first kappa shape index (κ1) is 15.8. The van der Waals surface area contributed by atoms with Crippen LogP contribution in [0.5, 0.6) is 0 Å². The van der Waals surface area contributed by atoms with Crippen molar-refractivity contribution in [3.63, 3.8) is 0 Å². The lowest BCUT2D eigenvalue weighted by Crippen LogP contribution is -2.63. The average Bonchev–Trinajstić information content (AvgIpc) is 2.25. The van der Waals surface area contributed by atoms with E-state index in [2.05, 4.69) is 0 Å². The molecule has 0 spiro atoms. The highest BCUT2D eigenvalue weighted by atomic mass is 16.5. The number of aliphatic hydroxyl groups is 4. The third-order valence-electron chi connectivity index (χ3n) is 3.13. The van der Waals surface area contributed by atoms with Crippen LogP contribution in [0, 0.1) is 0 Å². The minimum absolute atomic E-state index is 0.219. The number of nitrogens with zero attached hydrogens (tertiary/aromatic N) is 1. The lowest BCUT2D eigenvalue weighted by atomic mass is 9.94. The minimum atomic E-state index is -1.21.